The molecule has 1 aliphatic heterocycles. The molecule has 1 saturated heterocycles. The first kappa shape index (κ1) is 22.0. The first-order valence-electron chi connectivity index (χ1n) is 11.3. The van der Waals surface area contributed by atoms with Gasteiger partial charge in [0, 0.05) is 62.9 Å². The minimum atomic E-state index is -0.272. The van der Waals surface area contributed by atoms with Gasteiger partial charge in [0.2, 0.25) is 0 Å². The van der Waals surface area contributed by atoms with Gasteiger partial charge in [0.25, 0.3) is 0 Å². The molecule has 0 aliphatic carbocycles. The summed E-state index contributed by atoms with van der Waals surface area (Å²) in [5.41, 5.74) is 4.57. The first-order chi connectivity index (χ1) is 15.7. The van der Waals surface area contributed by atoms with Crippen LogP contribution in [0.3, 0.4) is 0 Å². The SMILES string of the molecule is Cc1ccc(CCc2ccc(OC(=O)N3CCN(CCc4ccccn4)CC3)cc2)nc1. The lowest BCUT2D eigenvalue weighted by molar-refractivity contribution is 0.111. The standard InChI is InChI=1S/C26H30N4O2/c1-21-5-9-24(28-20-21)10-6-22-7-11-25(12-8-22)32-26(31)30-18-16-29(17-19-30)15-13-23-4-2-3-14-27-23/h2-5,7-9,11-12,14,20H,6,10,13,15-19H2,1H3. The van der Waals surface area contributed by atoms with Gasteiger partial charge < -0.3 is 9.64 Å². The van der Waals surface area contributed by atoms with Crippen LogP contribution in [0, 0.1) is 6.92 Å². The Labute approximate surface area is 189 Å². The normalized spacial score (nSPS) is 14.3. The molecule has 1 aromatic carbocycles. The fraction of sp³-hybridized carbons (Fsp3) is 0.346. The summed E-state index contributed by atoms with van der Waals surface area (Å²) < 4.78 is 5.60. The molecule has 0 saturated carbocycles. The summed E-state index contributed by atoms with van der Waals surface area (Å²) in [5.74, 6) is 0.588. The highest BCUT2D eigenvalue weighted by Crippen LogP contribution is 2.16. The van der Waals surface area contributed by atoms with Crippen LogP contribution in [0.1, 0.15) is 22.5 Å². The molecule has 2 aromatic heterocycles. The topological polar surface area (TPSA) is 58.6 Å². The molecular weight excluding hydrogens is 400 g/mol. The largest absolute Gasteiger partial charge is 0.415 e. The predicted molar refractivity (Wildman–Crippen MR) is 125 cm³/mol. The van der Waals surface area contributed by atoms with Crippen molar-refractivity contribution in [2.75, 3.05) is 32.7 Å². The molecule has 1 amide bonds. The summed E-state index contributed by atoms with van der Waals surface area (Å²) in [6, 6.07) is 18.0. The Kier molecular flexibility index (Phi) is 7.46. The van der Waals surface area contributed by atoms with Crippen LogP contribution in [-0.2, 0) is 19.3 Å². The summed E-state index contributed by atoms with van der Waals surface area (Å²) in [7, 11) is 0. The Morgan fingerprint density at radius 1 is 0.875 bits per heavy atom. The molecule has 0 unspecified atom stereocenters. The Balaban J connectivity index is 1.19. The van der Waals surface area contributed by atoms with E-state index in [-0.39, 0.29) is 6.09 Å². The fourth-order valence-electron chi connectivity index (χ4n) is 3.78. The van der Waals surface area contributed by atoms with E-state index in [4.69, 9.17) is 4.74 Å². The van der Waals surface area contributed by atoms with E-state index in [0.29, 0.717) is 18.8 Å². The number of aryl methyl sites for hydroxylation is 3. The molecule has 0 atom stereocenters. The van der Waals surface area contributed by atoms with E-state index < -0.39 is 0 Å². The van der Waals surface area contributed by atoms with Gasteiger partial charge in [0.05, 0.1) is 0 Å². The van der Waals surface area contributed by atoms with Crippen LogP contribution in [0.4, 0.5) is 4.79 Å². The molecule has 0 radical (unpaired) electrons. The molecule has 4 rings (SSSR count). The number of aromatic nitrogens is 2. The van der Waals surface area contributed by atoms with E-state index >= 15 is 0 Å². The average molecular weight is 431 g/mol. The lowest BCUT2D eigenvalue weighted by Gasteiger charge is -2.33. The molecule has 0 N–H and O–H groups in total. The minimum absolute atomic E-state index is 0.272. The number of nitrogens with zero attached hydrogens (tertiary/aromatic N) is 4. The summed E-state index contributed by atoms with van der Waals surface area (Å²) in [6.45, 7) is 6.08. The maximum absolute atomic E-state index is 12.5. The van der Waals surface area contributed by atoms with Crippen LogP contribution >= 0.6 is 0 Å². The Morgan fingerprint density at radius 2 is 1.66 bits per heavy atom. The van der Waals surface area contributed by atoms with Gasteiger partial charge in [-0.3, -0.25) is 14.9 Å². The quantitative estimate of drug-likeness (QED) is 0.568. The maximum atomic E-state index is 12.5. The van der Waals surface area contributed by atoms with Gasteiger partial charge in [-0.1, -0.05) is 24.3 Å². The van der Waals surface area contributed by atoms with Gasteiger partial charge in [-0.15, -0.1) is 0 Å². The van der Waals surface area contributed by atoms with Crippen molar-refractivity contribution in [2.24, 2.45) is 0 Å². The number of piperazine rings is 1. The molecule has 3 heterocycles. The molecule has 1 aliphatic rings. The highest BCUT2D eigenvalue weighted by atomic mass is 16.6. The van der Waals surface area contributed by atoms with Crippen molar-refractivity contribution in [1.82, 2.24) is 19.8 Å². The predicted octanol–water partition coefficient (Wildman–Crippen LogP) is 3.93. The Morgan fingerprint density at radius 3 is 2.34 bits per heavy atom. The van der Waals surface area contributed by atoms with Gasteiger partial charge in [-0.2, -0.15) is 0 Å². The highest BCUT2D eigenvalue weighted by Gasteiger charge is 2.22. The molecule has 1 fully saturated rings. The van der Waals surface area contributed by atoms with Crippen molar-refractivity contribution >= 4 is 6.09 Å². The molecule has 166 valence electrons. The van der Waals surface area contributed by atoms with Crippen LogP contribution in [0.25, 0.3) is 0 Å². The monoisotopic (exact) mass is 430 g/mol. The van der Waals surface area contributed by atoms with Crippen molar-refractivity contribution in [2.45, 2.75) is 26.2 Å². The van der Waals surface area contributed by atoms with Gasteiger partial charge in [-0.05, 0) is 61.2 Å². The molecular formula is C26H30N4O2. The third-order valence-electron chi connectivity index (χ3n) is 5.81. The van der Waals surface area contributed by atoms with E-state index in [1.807, 2.05) is 55.7 Å². The number of carbonyl (C=O) groups is 1. The van der Waals surface area contributed by atoms with Crippen LogP contribution in [0.5, 0.6) is 5.75 Å². The smallest absolute Gasteiger partial charge is 0.410 e. The fourth-order valence-corrected chi connectivity index (χ4v) is 3.78. The molecule has 6 nitrogen and oxygen atoms in total. The second-order valence-corrected chi connectivity index (χ2v) is 8.24. The molecule has 0 spiro atoms. The van der Waals surface area contributed by atoms with Crippen molar-refractivity contribution < 1.29 is 9.53 Å². The Bertz CT molecular complexity index is 983. The summed E-state index contributed by atoms with van der Waals surface area (Å²) in [6.07, 6.45) is 6.19. The minimum Gasteiger partial charge on any atom is -0.410 e. The molecule has 6 heteroatoms. The maximum Gasteiger partial charge on any atom is 0.415 e. The number of pyridine rings is 2. The summed E-state index contributed by atoms with van der Waals surface area (Å²) in [5, 5.41) is 0. The second kappa shape index (κ2) is 10.9. The average Bonchev–Trinajstić information content (AvgIpc) is 2.84. The third-order valence-corrected chi connectivity index (χ3v) is 5.81. The molecule has 0 bridgehead atoms. The van der Waals surface area contributed by atoms with Crippen LogP contribution in [-0.4, -0.2) is 58.6 Å². The highest BCUT2D eigenvalue weighted by molar-refractivity contribution is 5.70. The first-order valence-corrected chi connectivity index (χ1v) is 11.3. The number of hydrogen-bond donors (Lipinski definition) is 0. The lowest BCUT2D eigenvalue weighted by Crippen LogP contribution is -2.49. The van der Waals surface area contributed by atoms with E-state index in [1.54, 1.807) is 4.90 Å². The third kappa shape index (κ3) is 6.37. The van der Waals surface area contributed by atoms with Gasteiger partial charge in [0.15, 0.2) is 0 Å². The molecule has 32 heavy (non-hydrogen) atoms. The zero-order valence-electron chi connectivity index (χ0n) is 18.6. The van der Waals surface area contributed by atoms with E-state index in [2.05, 4.69) is 33.1 Å². The molecule has 3 aromatic rings. The number of benzene rings is 1. The van der Waals surface area contributed by atoms with Crippen LogP contribution < -0.4 is 4.74 Å². The van der Waals surface area contributed by atoms with E-state index in [9.17, 15) is 4.79 Å². The van der Waals surface area contributed by atoms with Crippen LogP contribution in [0.2, 0.25) is 0 Å². The second-order valence-electron chi connectivity index (χ2n) is 8.24. The van der Waals surface area contributed by atoms with Crippen molar-refractivity contribution in [3.63, 3.8) is 0 Å². The Hall–Kier alpha value is -3.25. The van der Waals surface area contributed by atoms with Crippen molar-refractivity contribution in [3.8, 4) is 5.75 Å². The number of amides is 1. The van der Waals surface area contributed by atoms with Crippen LogP contribution in [0.15, 0.2) is 67.0 Å². The van der Waals surface area contributed by atoms with Gasteiger partial charge in [0.1, 0.15) is 5.75 Å². The number of rotatable bonds is 7. The van der Waals surface area contributed by atoms with Gasteiger partial charge >= 0.3 is 6.09 Å². The number of hydrogen-bond acceptors (Lipinski definition) is 5. The number of carbonyl (C=O) groups excluding carboxylic acids is 1. The summed E-state index contributed by atoms with van der Waals surface area (Å²) >= 11 is 0. The van der Waals surface area contributed by atoms with Crippen molar-refractivity contribution in [3.05, 3.63) is 89.5 Å². The van der Waals surface area contributed by atoms with Crippen molar-refractivity contribution in [1.29, 1.82) is 0 Å². The lowest BCUT2D eigenvalue weighted by atomic mass is 10.1. The summed E-state index contributed by atoms with van der Waals surface area (Å²) in [4.78, 5) is 25.5. The van der Waals surface area contributed by atoms with E-state index in [1.165, 1.54) is 11.1 Å². The van der Waals surface area contributed by atoms with E-state index in [0.717, 1.165) is 50.3 Å². The van der Waals surface area contributed by atoms with Gasteiger partial charge in [-0.25, -0.2) is 4.79 Å². The zero-order valence-corrected chi connectivity index (χ0v) is 18.6. The number of ether oxygens (including phenoxy) is 1. The zero-order chi connectivity index (χ0) is 22.2.